The van der Waals surface area contributed by atoms with Crippen LogP contribution in [-0.4, -0.2) is 35.0 Å². The molecule has 112 valence electrons. The van der Waals surface area contributed by atoms with Crippen molar-refractivity contribution in [1.29, 1.82) is 0 Å². The molecule has 0 radical (unpaired) electrons. The molecule has 7 heteroatoms. The minimum absolute atomic E-state index is 0.127. The fraction of sp³-hybridized carbons (Fsp3) is 0.357. The molecule has 3 N–H and O–H groups in total. The van der Waals surface area contributed by atoms with Gasteiger partial charge in [-0.05, 0) is 24.1 Å². The molecule has 0 aromatic heterocycles. The number of carboxylic acids is 1. The summed E-state index contributed by atoms with van der Waals surface area (Å²) in [5, 5.41) is 14.7. The van der Waals surface area contributed by atoms with Gasteiger partial charge >= 0.3 is 5.97 Å². The van der Waals surface area contributed by atoms with Crippen molar-refractivity contribution in [2.24, 2.45) is 0 Å². The Balaban J connectivity index is 2.00. The average molecular weight is 311 g/mol. The molecule has 0 unspecified atom stereocenters. The third-order valence-corrected chi connectivity index (χ3v) is 3.49. The van der Waals surface area contributed by atoms with E-state index in [-0.39, 0.29) is 18.7 Å². The molecule has 1 aromatic carbocycles. The van der Waals surface area contributed by atoms with Crippen molar-refractivity contribution in [2.75, 3.05) is 0 Å². The summed E-state index contributed by atoms with van der Waals surface area (Å²) in [4.78, 5) is 34.3. The monoisotopic (exact) mass is 310 g/mol. The summed E-state index contributed by atoms with van der Waals surface area (Å²) in [7, 11) is 0. The zero-order chi connectivity index (χ0) is 15.4. The number of hydrogen-bond acceptors (Lipinski definition) is 3. The fourth-order valence-corrected chi connectivity index (χ4v) is 2.40. The second-order valence-corrected chi connectivity index (χ2v) is 5.33. The second-order valence-electron chi connectivity index (χ2n) is 4.89. The summed E-state index contributed by atoms with van der Waals surface area (Å²) in [5.74, 6) is -1.81. The highest BCUT2D eigenvalue weighted by atomic mass is 35.5. The van der Waals surface area contributed by atoms with Crippen LogP contribution in [0, 0.1) is 0 Å². The summed E-state index contributed by atoms with van der Waals surface area (Å²) in [5.41, 5.74) is 0.714. The van der Waals surface area contributed by atoms with Crippen LogP contribution in [0.1, 0.15) is 18.4 Å². The van der Waals surface area contributed by atoms with Gasteiger partial charge in [0.1, 0.15) is 12.1 Å². The molecule has 21 heavy (non-hydrogen) atoms. The van der Waals surface area contributed by atoms with Gasteiger partial charge < -0.3 is 15.7 Å². The number of carboxylic acid groups (broad SMARTS) is 1. The van der Waals surface area contributed by atoms with Crippen molar-refractivity contribution in [2.45, 2.75) is 31.3 Å². The molecule has 2 rings (SSSR count). The van der Waals surface area contributed by atoms with Gasteiger partial charge in [-0.15, -0.1) is 0 Å². The van der Waals surface area contributed by atoms with Crippen molar-refractivity contribution >= 4 is 29.4 Å². The van der Waals surface area contributed by atoms with Gasteiger partial charge in [0.15, 0.2) is 0 Å². The van der Waals surface area contributed by atoms with Gasteiger partial charge in [0.2, 0.25) is 11.8 Å². The molecular weight excluding hydrogens is 296 g/mol. The van der Waals surface area contributed by atoms with Gasteiger partial charge in [0.25, 0.3) is 0 Å². The van der Waals surface area contributed by atoms with E-state index < -0.39 is 24.0 Å². The van der Waals surface area contributed by atoms with Crippen LogP contribution in [-0.2, 0) is 20.8 Å². The number of aliphatic carboxylic acids is 1. The molecule has 1 aliphatic heterocycles. The maximum absolute atomic E-state index is 11.9. The van der Waals surface area contributed by atoms with Crippen molar-refractivity contribution in [3.05, 3.63) is 34.9 Å². The minimum atomic E-state index is -1.13. The fourth-order valence-electron chi connectivity index (χ4n) is 2.18. The van der Waals surface area contributed by atoms with Crippen molar-refractivity contribution in [1.82, 2.24) is 10.6 Å². The summed E-state index contributed by atoms with van der Waals surface area (Å²) in [6, 6.07) is 5.09. The van der Waals surface area contributed by atoms with Crippen LogP contribution in [0.4, 0.5) is 0 Å². The highest BCUT2D eigenvalue weighted by Gasteiger charge is 2.30. The van der Waals surface area contributed by atoms with Gasteiger partial charge in [-0.1, -0.05) is 23.7 Å². The van der Waals surface area contributed by atoms with E-state index in [1.54, 1.807) is 24.3 Å². The minimum Gasteiger partial charge on any atom is -0.480 e. The summed E-state index contributed by atoms with van der Waals surface area (Å²) >= 11 is 5.85. The molecule has 1 fully saturated rings. The third kappa shape index (κ3) is 4.19. The number of hydrogen-bond donors (Lipinski definition) is 3. The van der Waals surface area contributed by atoms with Gasteiger partial charge in [-0.2, -0.15) is 0 Å². The Morgan fingerprint density at radius 1 is 1.48 bits per heavy atom. The molecule has 1 saturated heterocycles. The first-order valence-corrected chi connectivity index (χ1v) is 6.90. The van der Waals surface area contributed by atoms with Crippen LogP contribution in [0.15, 0.2) is 24.3 Å². The van der Waals surface area contributed by atoms with Crippen molar-refractivity contribution in [3.8, 4) is 0 Å². The van der Waals surface area contributed by atoms with Crippen molar-refractivity contribution in [3.63, 3.8) is 0 Å². The first kappa shape index (κ1) is 15.3. The molecule has 0 saturated carbocycles. The van der Waals surface area contributed by atoms with Crippen LogP contribution in [0.25, 0.3) is 0 Å². The summed E-state index contributed by atoms with van der Waals surface area (Å²) < 4.78 is 0. The lowest BCUT2D eigenvalue weighted by atomic mass is 10.1. The number of rotatable bonds is 5. The van der Waals surface area contributed by atoms with E-state index in [2.05, 4.69) is 10.6 Å². The molecule has 1 heterocycles. The first-order valence-electron chi connectivity index (χ1n) is 6.52. The van der Waals surface area contributed by atoms with Gasteiger partial charge in [-0.3, -0.25) is 9.59 Å². The van der Waals surface area contributed by atoms with Crippen LogP contribution in [0.5, 0.6) is 0 Å². The van der Waals surface area contributed by atoms with E-state index >= 15 is 0 Å². The molecule has 2 amide bonds. The van der Waals surface area contributed by atoms with Gasteiger partial charge in [0, 0.05) is 17.9 Å². The topological polar surface area (TPSA) is 95.5 Å². The smallest absolute Gasteiger partial charge is 0.326 e. The quantitative estimate of drug-likeness (QED) is 0.747. The zero-order valence-corrected chi connectivity index (χ0v) is 11.9. The van der Waals surface area contributed by atoms with E-state index in [0.29, 0.717) is 17.0 Å². The Hall–Kier alpha value is -2.08. The predicted octanol–water partition coefficient (Wildman–Crippen LogP) is 0.730. The third-order valence-electron chi connectivity index (χ3n) is 3.26. The normalized spacial score (nSPS) is 18.9. The number of carbonyl (C=O) groups is 3. The first-order chi connectivity index (χ1) is 9.95. The SMILES string of the molecule is O=C1CC[C@H](C(=O)N[C@@H](Cc2cccc(Cl)c2)C(=O)O)N1. The largest absolute Gasteiger partial charge is 0.480 e. The van der Waals surface area contributed by atoms with E-state index in [0.717, 1.165) is 0 Å². The summed E-state index contributed by atoms with van der Waals surface area (Å²) in [6.45, 7) is 0. The maximum Gasteiger partial charge on any atom is 0.326 e. The number of carbonyl (C=O) groups excluding carboxylic acids is 2. The lowest BCUT2D eigenvalue weighted by Gasteiger charge is -2.17. The van der Waals surface area contributed by atoms with Crippen LogP contribution in [0.3, 0.4) is 0 Å². The highest BCUT2D eigenvalue weighted by Crippen LogP contribution is 2.13. The van der Waals surface area contributed by atoms with E-state index in [1.807, 2.05) is 0 Å². The lowest BCUT2D eigenvalue weighted by molar-refractivity contribution is -0.142. The van der Waals surface area contributed by atoms with Crippen LogP contribution < -0.4 is 10.6 Å². The van der Waals surface area contributed by atoms with E-state index in [9.17, 15) is 19.5 Å². The Morgan fingerprint density at radius 2 is 2.24 bits per heavy atom. The number of nitrogens with one attached hydrogen (secondary N) is 2. The molecule has 0 spiro atoms. The highest BCUT2D eigenvalue weighted by molar-refractivity contribution is 6.30. The molecular formula is C14H15ClN2O4. The number of benzene rings is 1. The Morgan fingerprint density at radius 3 is 2.81 bits per heavy atom. The van der Waals surface area contributed by atoms with E-state index in [1.165, 1.54) is 0 Å². The lowest BCUT2D eigenvalue weighted by Crippen LogP contribution is -2.49. The molecule has 1 aliphatic rings. The average Bonchev–Trinajstić information content (AvgIpc) is 2.84. The van der Waals surface area contributed by atoms with Crippen LogP contribution >= 0.6 is 11.6 Å². The van der Waals surface area contributed by atoms with E-state index in [4.69, 9.17) is 11.6 Å². The van der Waals surface area contributed by atoms with Crippen LogP contribution in [0.2, 0.25) is 5.02 Å². The molecule has 2 atom stereocenters. The maximum atomic E-state index is 11.9. The van der Waals surface area contributed by atoms with Gasteiger partial charge in [0.05, 0.1) is 0 Å². The Bertz CT molecular complexity index is 576. The standard InChI is InChI=1S/C14H15ClN2O4/c15-9-3-1-2-8(6-9)7-11(14(20)21)17-13(19)10-4-5-12(18)16-10/h1-3,6,10-11H,4-5,7H2,(H,16,18)(H,17,19)(H,20,21)/t10-,11+/m1/s1. The number of halogens is 1. The summed E-state index contributed by atoms with van der Waals surface area (Å²) in [6.07, 6.45) is 0.792. The number of amides is 2. The predicted molar refractivity (Wildman–Crippen MR) is 75.9 cm³/mol. The molecule has 1 aromatic rings. The van der Waals surface area contributed by atoms with Crippen molar-refractivity contribution < 1.29 is 19.5 Å². The molecule has 0 aliphatic carbocycles. The Kier molecular flexibility index (Phi) is 4.80. The zero-order valence-electron chi connectivity index (χ0n) is 11.1. The Labute approximate surface area is 126 Å². The second kappa shape index (κ2) is 6.58. The molecule has 0 bridgehead atoms. The van der Waals surface area contributed by atoms with Gasteiger partial charge in [-0.25, -0.2) is 4.79 Å². The molecule has 6 nitrogen and oxygen atoms in total.